The second kappa shape index (κ2) is 9.23. The van der Waals surface area contributed by atoms with Gasteiger partial charge in [-0.25, -0.2) is 14.6 Å². The number of carbonyl (C=O) groups excluding carboxylic acids is 1. The molecule has 0 aliphatic heterocycles. The second-order valence-electron chi connectivity index (χ2n) is 6.59. The van der Waals surface area contributed by atoms with E-state index in [1.165, 1.54) is 0 Å². The normalized spacial score (nSPS) is 11.3. The Morgan fingerprint density at radius 2 is 1.69 bits per heavy atom. The molecule has 1 N–H and O–H groups in total. The van der Waals surface area contributed by atoms with Crippen molar-refractivity contribution in [3.05, 3.63) is 84.7 Å². The minimum absolute atomic E-state index is 0.128. The summed E-state index contributed by atoms with van der Waals surface area (Å²) in [6.07, 6.45) is -3.55. The molecule has 6 nitrogen and oxygen atoms in total. The first-order valence-electron chi connectivity index (χ1n) is 9.44. The van der Waals surface area contributed by atoms with E-state index >= 15 is 0 Å². The summed E-state index contributed by atoms with van der Waals surface area (Å²) in [4.78, 5) is 19.8. The molecule has 0 fully saturated rings. The van der Waals surface area contributed by atoms with Crippen LogP contribution in [0.1, 0.15) is 5.69 Å². The number of aromatic nitrogens is 4. The highest BCUT2D eigenvalue weighted by Crippen LogP contribution is 2.29. The number of para-hydroxylation sites is 1. The van der Waals surface area contributed by atoms with Crippen LogP contribution in [0.25, 0.3) is 16.9 Å². The fourth-order valence-corrected chi connectivity index (χ4v) is 3.49. The van der Waals surface area contributed by atoms with Crippen LogP contribution in [-0.2, 0) is 11.0 Å². The molecular weight excluding hydrogens is 439 g/mol. The smallest absolute Gasteiger partial charge is 0.310 e. The SMILES string of the molecule is O=C(CSc1nccc(C(F)(F)F)n1)Nc1cc(-c2ccccc2)nn1-c1ccccc1. The summed E-state index contributed by atoms with van der Waals surface area (Å²) in [5.74, 6) is -0.152. The Balaban J connectivity index is 1.53. The Morgan fingerprint density at radius 1 is 1.00 bits per heavy atom. The van der Waals surface area contributed by atoms with Crippen molar-refractivity contribution in [2.45, 2.75) is 11.3 Å². The molecule has 2 aromatic carbocycles. The van der Waals surface area contributed by atoms with E-state index in [2.05, 4.69) is 20.4 Å². The maximum Gasteiger partial charge on any atom is 0.433 e. The van der Waals surface area contributed by atoms with Crippen molar-refractivity contribution >= 4 is 23.5 Å². The number of amides is 1. The van der Waals surface area contributed by atoms with Gasteiger partial charge >= 0.3 is 6.18 Å². The van der Waals surface area contributed by atoms with Gasteiger partial charge in [-0.15, -0.1) is 0 Å². The first kappa shape index (κ1) is 21.6. The van der Waals surface area contributed by atoms with Crippen molar-refractivity contribution in [2.75, 3.05) is 11.1 Å². The number of benzene rings is 2. The molecule has 2 aromatic heterocycles. The van der Waals surface area contributed by atoms with Gasteiger partial charge in [-0.05, 0) is 18.2 Å². The maximum atomic E-state index is 12.8. The zero-order valence-corrected chi connectivity index (χ0v) is 17.3. The van der Waals surface area contributed by atoms with Crippen molar-refractivity contribution in [2.24, 2.45) is 0 Å². The van der Waals surface area contributed by atoms with E-state index in [9.17, 15) is 18.0 Å². The molecule has 0 bridgehead atoms. The van der Waals surface area contributed by atoms with Gasteiger partial charge in [-0.2, -0.15) is 18.3 Å². The quantitative estimate of drug-likeness (QED) is 0.324. The molecule has 4 rings (SSSR count). The van der Waals surface area contributed by atoms with Crippen LogP contribution in [-0.4, -0.2) is 31.4 Å². The van der Waals surface area contributed by atoms with Gasteiger partial charge < -0.3 is 5.32 Å². The van der Waals surface area contributed by atoms with Gasteiger partial charge in [0.15, 0.2) is 5.16 Å². The Kier molecular flexibility index (Phi) is 6.22. The van der Waals surface area contributed by atoms with Crippen LogP contribution in [0.15, 0.2) is 84.1 Å². The molecule has 0 atom stereocenters. The van der Waals surface area contributed by atoms with Gasteiger partial charge in [0.05, 0.1) is 17.1 Å². The number of halogens is 3. The van der Waals surface area contributed by atoms with Crippen LogP contribution in [0.5, 0.6) is 0 Å². The lowest BCUT2D eigenvalue weighted by molar-refractivity contribution is -0.141. The van der Waals surface area contributed by atoms with Crippen molar-refractivity contribution in [3.8, 4) is 16.9 Å². The van der Waals surface area contributed by atoms with E-state index in [-0.39, 0.29) is 10.9 Å². The van der Waals surface area contributed by atoms with Crippen molar-refractivity contribution in [3.63, 3.8) is 0 Å². The molecule has 32 heavy (non-hydrogen) atoms. The zero-order chi connectivity index (χ0) is 22.6. The fourth-order valence-electron chi connectivity index (χ4n) is 2.86. The molecule has 0 aliphatic carbocycles. The minimum atomic E-state index is -4.57. The van der Waals surface area contributed by atoms with Crippen LogP contribution in [0, 0.1) is 0 Å². The van der Waals surface area contributed by atoms with Crippen LogP contribution >= 0.6 is 11.8 Å². The number of rotatable bonds is 6. The third-order valence-electron chi connectivity index (χ3n) is 4.30. The Bertz CT molecular complexity index is 1210. The highest BCUT2D eigenvalue weighted by atomic mass is 32.2. The van der Waals surface area contributed by atoms with Gasteiger partial charge in [-0.1, -0.05) is 60.3 Å². The summed E-state index contributed by atoms with van der Waals surface area (Å²) in [5.41, 5.74) is 1.24. The summed E-state index contributed by atoms with van der Waals surface area (Å²) in [6.45, 7) is 0. The lowest BCUT2D eigenvalue weighted by atomic mass is 10.2. The van der Waals surface area contributed by atoms with Gasteiger partial charge in [0, 0.05) is 17.8 Å². The van der Waals surface area contributed by atoms with Gasteiger partial charge in [0.1, 0.15) is 11.5 Å². The highest BCUT2D eigenvalue weighted by Gasteiger charge is 2.32. The third kappa shape index (κ3) is 5.14. The molecule has 0 spiro atoms. The number of hydrogen-bond donors (Lipinski definition) is 1. The number of hydrogen-bond acceptors (Lipinski definition) is 5. The molecular formula is C22H16F3N5OS. The average molecular weight is 455 g/mol. The molecule has 10 heteroatoms. The predicted molar refractivity (Wildman–Crippen MR) is 115 cm³/mol. The van der Waals surface area contributed by atoms with Crippen LogP contribution in [0.3, 0.4) is 0 Å². The summed E-state index contributed by atoms with van der Waals surface area (Å²) in [7, 11) is 0. The number of anilines is 1. The van der Waals surface area contributed by atoms with Gasteiger partial charge in [-0.3, -0.25) is 4.79 Å². The lowest BCUT2D eigenvalue weighted by Crippen LogP contribution is -2.17. The second-order valence-corrected chi connectivity index (χ2v) is 7.53. The highest BCUT2D eigenvalue weighted by molar-refractivity contribution is 7.99. The largest absolute Gasteiger partial charge is 0.433 e. The van der Waals surface area contributed by atoms with Crippen LogP contribution < -0.4 is 5.32 Å². The summed E-state index contributed by atoms with van der Waals surface area (Å²) in [5, 5.41) is 7.26. The van der Waals surface area contributed by atoms with Gasteiger partial charge in [0.2, 0.25) is 5.91 Å². The predicted octanol–water partition coefficient (Wildman–Crippen LogP) is 5.08. The van der Waals surface area contributed by atoms with Crippen molar-refractivity contribution in [1.82, 2.24) is 19.7 Å². The maximum absolute atomic E-state index is 12.8. The molecule has 0 radical (unpaired) electrons. The van der Waals surface area contributed by atoms with Crippen molar-refractivity contribution in [1.29, 1.82) is 0 Å². The molecule has 0 saturated heterocycles. The Morgan fingerprint density at radius 3 is 2.38 bits per heavy atom. The van der Waals surface area contributed by atoms with E-state index in [1.54, 1.807) is 10.7 Å². The standard InChI is InChI=1S/C22H16F3N5OS/c23-22(24,25)18-11-12-26-21(27-18)32-14-20(31)28-19-13-17(15-7-3-1-4-8-15)29-30(19)16-9-5-2-6-10-16/h1-13H,14H2,(H,28,31). The van der Waals surface area contributed by atoms with E-state index in [4.69, 9.17) is 0 Å². The van der Waals surface area contributed by atoms with Crippen LogP contribution in [0.2, 0.25) is 0 Å². The first-order chi connectivity index (χ1) is 15.4. The number of nitrogens with one attached hydrogen (secondary N) is 1. The molecule has 0 saturated carbocycles. The zero-order valence-electron chi connectivity index (χ0n) is 16.5. The average Bonchev–Trinajstić information content (AvgIpc) is 3.22. The third-order valence-corrected chi connectivity index (χ3v) is 5.16. The van der Waals surface area contributed by atoms with Crippen molar-refractivity contribution < 1.29 is 18.0 Å². The topological polar surface area (TPSA) is 72.7 Å². The van der Waals surface area contributed by atoms with E-state index in [0.717, 1.165) is 35.3 Å². The lowest BCUT2D eigenvalue weighted by Gasteiger charge is -2.09. The number of nitrogens with zero attached hydrogens (tertiary/aromatic N) is 4. The molecule has 4 aromatic rings. The van der Waals surface area contributed by atoms with Crippen LogP contribution in [0.4, 0.5) is 19.0 Å². The number of thioether (sulfide) groups is 1. The number of alkyl halides is 3. The first-order valence-corrected chi connectivity index (χ1v) is 10.4. The molecule has 162 valence electrons. The Labute approximate surface area is 185 Å². The molecule has 0 aliphatic rings. The monoisotopic (exact) mass is 455 g/mol. The minimum Gasteiger partial charge on any atom is -0.310 e. The summed E-state index contributed by atoms with van der Waals surface area (Å²) in [6, 6.07) is 21.3. The fraction of sp³-hybridized carbons (Fsp3) is 0.0909. The Hall–Kier alpha value is -3.66. The van der Waals surface area contributed by atoms with Gasteiger partial charge in [0.25, 0.3) is 0 Å². The van der Waals surface area contributed by atoms with E-state index in [0.29, 0.717) is 11.5 Å². The molecule has 1 amide bonds. The molecule has 0 unspecified atom stereocenters. The van der Waals surface area contributed by atoms with E-state index in [1.807, 2.05) is 60.7 Å². The molecule has 2 heterocycles. The summed E-state index contributed by atoms with van der Waals surface area (Å²) < 4.78 is 40.0. The number of carbonyl (C=O) groups is 1. The summed E-state index contributed by atoms with van der Waals surface area (Å²) >= 11 is 0.819. The van der Waals surface area contributed by atoms with E-state index < -0.39 is 17.8 Å².